The van der Waals surface area contributed by atoms with Crippen molar-refractivity contribution in [3.05, 3.63) is 53.7 Å². The number of nitriles is 1. The SMILES string of the molecule is N#Cc1ccc(CCNC[C@H]2Sc3ncccc3NC2=O)cc1. The molecule has 23 heavy (non-hydrogen) atoms. The van der Waals surface area contributed by atoms with Crippen LogP contribution in [0.5, 0.6) is 0 Å². The van der Waals surface area contributed by atoms with Crippen LogP contribution in [-0.4, -0.2) is 29.2 Å². The van der Waals surface area contributed by atoms with Crippen molar-refractivity contribution in [3.63, 3.8) is 0 Å². The van der Waals surface area contributed by atoms with Gasteiger partial charge in [0.05, 0.1) is 17.3 Å². The molecule has 1 aliphatic heterocycles. The van der Waals surface area contributed by atoms with E-state index in [1.165, 1.54) is 17.3 Å². The van der Waals surface area contributed by atoms with Crippen molar-refractivity contribution in [3.8, 4) is 6.07 Å². The number of hydrogen-bond acceptors (Lipinski definition) is 5. The van der Waals surface area contributed by atoms with E-state index in [2.05, 4.69) is 21.7 Å². The van der Waals surface area contributed by atoms with Crippen molar-refractivity contribution >= 4 is 23.4 Å². The van der Waals surface area contributed by atoms with Gasteiger partial charge in [0.25, 0.3) is 0 Å². The van der Waals surface area contributed by atoms with Gasteiger partial charge in [0.1, 0.15) is 10.3 Å². The first-order chi connectivity index (χ1) is 11.3. The van der Waals surface area contributed by atoms with E-state index in [4.69, 9.17) is 5.26 Å². The Labute approximate surface area is 139 Å². The molecule has 1 aliphatic rings. The number of amides is 1. The van der Waals surface area contributed by atoms with Crippen LogP contribution in [0, 0.1) is 11.3 Å². The molecule has 0 spiro atoms. The van der Waals surface area contributed by atoms with Gasteiger partial charge in [-0.3, -0.25) is 4.79 Å². The number of hydrogen-bond donors (Lipinski definition) is 2. The molecule has 2 heterocycles. The number of rotatable bonds is 5. The maximum absolute atomic E-state index is 12.1. The van der Waals surface area contributed by atoms with Crippen LogP contribution in [0.1, 0.15) is 11.1 Å². The van der Waals surface area contributed by atoms with Crippen molar-refractivity contribution in [2.45, 2.75) is 16.7 Å². The molecule has 0 unspecified atom stereocenters. The molecule has 5 nitrogen and oxygen atoms in total. The zero-order valence-corrected chi connectivity index (χ0v) is 13.3. The Hall–Kier alpha value is -2.36. The molecule has 1 amide bonds. The molecular weight excluding hydrogens is 308 g/mol. The van der Waals surface area contributed by atoms with E-state index >= 15 is 0 Å². The van der Waals surface area contributed by atoms with Crippen molar-refractivity contribution in [1.82, 2.24) is 10.3 Å². The highest BCUT2D eigenvalue weighted by Gasteiger charge is 2.27. The average molecular weight is 324 g/mol. The maximum Gasteiger partial charge on any atom is 0.239 e. The minimum atomic E-state index is -0.168. The topological polar surface area (TPSA) is 77.8 Å². The van der Waals surface area contributed by atoms with Crippen LogP contribution in [0.4, 0.5) is 5.69 Å². The summed E-state index contributed by atoms with van der Waals surface area (Å²) in [7, 11) is 0. The van der Waals surface area contributed by atoms with Crippen LogP contribution >= 0.6 is 11.8 Å². The second-order valence-corrected chi connectivity index (χ2v) is 6.41. The highest BCUT2D eigenvalue weighted by molar-refractivity contribution is 8.00. The number of thioether (sulfide) groups is 1. The highest BCUT2D eigenvalue weighted by Crippen LogP contribution is 2.32. The van der Waals surface area contributed by atoms with E-state index in [0.717, 1.165) is 23.7 Å². The number of fused-ring (bicyclic) bond motifs is 1. The van der Waals surface area contributed by atoms with Gasteiger partial charge in [0.15, 0.2) is 0 Å². The Morgan fingerprint density at radius 3 is 2.91 bits per heavy atom. The summed E-state index contributed by atoms with van der Waals surface area (Å²) in [6.45, 7) is 1.38. The number of anilines is 1. The largest absolute Gasteiger partial charge is 0.323 e. The lowest BCUT2D eigenvalue weighted by Crippen LogP contribution is -2.38. The number of carbonyl (C=O) groups excluding carboxylic acids is 1. The molecule has 2 N–H and O–H groups in total. The van der Waals surface area contributed by atoms with Crippen LogP contribution in [0.25, 0.3) is 0 Å². The quantitative estimate of drug-likeness (QED) is 0.825. The Bertz CT molecular complexity index is 739. The maximum atomic E-state index is 12.1. The van der Waals surface area contributed by atoms with Crippen molar-refractivity contribution < 1.29 is 4.79 Å². The van der Waals surface area contributed by atoms with Gasteiger partial charge in [0.2, 0.25) is 5.91 Å². The van der Waals surface area contributed by atoms with Gasteiger partial charge in [-0.15, -0.1) is 0 Å². The van der Waals surface area contributed by atoms with Crippen LogP contribution in [0.15, 0.2) is 47.6 Å². The monoisotopic (exact) mass is 324 g/mol. The fourth-order valence-electron chi connectivity index (χ4n) is 2.33. The van der Waals surface area contributed by atoms with E-state index < -0.39 is 0 Å². The minimum Gasteiger partial charge on any atom is -0.323 e. The first kappa shape index (κ1) is 15.5. The molecule has 0 radical (unpaired) electrons. The predicted octanol–water partition coefficient (Wildman–Crippen LogP) is 2.20. The van der Waals surface area contributed by atoms with Crippen molar-refractivity contribution in [1.29, 1.82) is 5.26 Å². The molecule has 0 saturated heterocycles. The molecule has 116 valence electrons. The fraction of sp³-hybridized carbons (Fsp3) is 0.235. The zero-order chi connectivity index (χ0) is 16.1. The molecule has 0 fully saturated rings. The van der Waals surface area contributed by atoms with Gasteiger partial charge in [-0.05, 0) is 42.8 Å². The summed E-state index contributed by atoms with van der Waals surface area (Å²) in [6, 6.07) is 13.4. The fourth-order valence-corrected chi connectivity index (χ4v) is 3.33. The first-order valence-electron chi connectivity index (χ1n) is 7.38. The van der Waals surface area contributed by atoms with E-state index in [9.17, 15) is 4.79 Å². The standard InChI is InChI=1S/C17H16N4OS/c18-10-13-5-3-12(4-6-13)7-9-19-11-15-16(22)21-14-2-1-8-20-17(14)23-15/h1-6,8,15,19H,7,9,11H2,(H,21,22)/t15-/m1/s1. The lowest BCUT2D eigenvalue weighted by molar-refractivity contribution is -0.115. The molecule has 1 aromatic carbocycles. The molecule has 0 aliphatic carbocycles. The van der Waals surface area contributed by atoms with Gasteiger partial charge in [-0.2, -0.15) is 5.26 Å². The lowest BCUT2D eigenvalue weighted by atomic mass is 10.1. The smallest absolute Gasteiger partial charge is 0.239 e. The van der Waals surface area contributed by atoms with E-state index in [-0.39, 0.29) is 11.2 Å². The highest BCUT2D eigenvalue weighted by atomic mass is 32.2. The molecule has 2 aromatic rings. The Morgan fingerprint density at radius 2 is 2.13 bits per heavy atom. The van der Waals surface area contributed by atoms with Gasteiger partial charge in [-0.25, -0.2) is 4.98 Å². The number of nitrogens with one attached hydrogen (secondary N) is 2. The summed E-state index contributed by atoms with van der Waals surface area (Å²) >= 11 is 1.49. The van der Waals surface area contributed by atoms with Gasteiger partial charge in [-0.1, -0.05) is 23.9 Å². The van der Waals surface area contributed by atoms with Crippen LogP contribution in [0.2, 0.25) is 0 Å². The number of nitrogens with zero attached hydrogens (tertiary/aromatic N) is 2. The molecule has 1 atom stereocenters. The zero-order valence-electron chi connectivity index (χ0n) is 12.5. The first-order valence-corrected chi connectivity index (χ1v) is 8.26. The van der Waals surface area contributed by atoms with Crippen LogP contribution in [0.3, 0.4) is 0 Å². The number of carbonyl (C=O) groups is 1. The number of benzene rings is 1. The van der Waals surface area contributed by atoms with Crippen LogP contribution in [-0.2, 0) is 11.2 Å². The summed E-state index contributed by atoms with van der Waals surface area (Å²) in [5.74, 6) is 0.0152. The number of pyridine rings is 1. The van der Waals surface area contributed by atoms with Crippen LogP contribution < -0.4 is 10.6 Å². The number of aromatic nitrogens is 1. The summed E-state index contributed by atoms with van der Waals surface area (Å²) in [5.41, 5.74) is 2.63. The van der Waals surface area contributed by atoms with E-state index in [1.807, 2.05) is 36.4 Å². The normalized spacial score (nSPS) is 16.3. The van der Waals surface area contributed by atoms with E-state index in [1.54, 1.807) is 6.20 Å². The molecule has 3 rings (SSSR count). The minimum absolute atomic E-state index is 0.0152. The Balaban J connectivity index is 1.47. The van der Waals surface area contributed by atoms with Gasteiger partial charge >= 0.3 is 0 Å². The predicted molar refractivity (Wildman–Crippen MR) is 90.2 cm³/mol. The second-order valence-electron chi connectivity index (χ2n) is 5.21. The van der Waals surface area contributed by atoms with E-state index in [0.29, 0.717) is 12.1 Å². The molecule has 0 saturated carbocycles. The average Bonchev–Trinajstić information content (AvgIpc) is 2.59. The van der Waals surface area contributed by atoms with Crippen molar-refractivity contribution in [2.24, 2.45) is 0 Å². The van der Waals surface area contributed by atoms with Gasteiger partial charge < -0.3 is 10.6 Å². The summed E-state index contributed by atoms with van der Waals surface area (Å²) in [6.07, 6.45) is 2.60. The molecule has 0 bridgehead atoms. The van der Waals surface area contributed by atoms with Gasteiger partial charge in [0, 0.05) is 12.7 Å². The Kier molecular flexibility index (Phi) is 4.91. The third-order valence-electron chi connectivity index (χ3n) is 3.58. The summed E-state index contributed by atoms with van der Waals surface area (Å²) in [5, 5.41) is 15.7. The Morgan fingerprint density at radius 1 is 1.30 bits per heavy atom. The third kappa shape index (κ3) is 3.89. The van der Waals surface area contributed by atoms with Crippen molar-refractivity contribution in [2.75, 3.05) is 18.4 Å². The second kappa shape index (κ2) is 7.27. The summed E-state index contributed by atoms with van der Waals surface area (Å²) < 4.78 is 0. The summed E-state index contributed by atoms with van der Waals surface area (Å²) in [4.78, 5) is 16.4. The third-order valence-corrected chi connectivity index (χ3v) is 4.79. The molecule has 6 heteroatoms. The lowest BCUT2D eigenvalue weighted by Gasteiger charge is -2.23. The molecule has 1 aromatic heterocycles. The molecular formula is C17H16N4OS.